The van der Waals surface area contributed by atoms with Gasteiger partial charge in [-0.2, -0.15) is 0 Å². The normalized spacial score (nSPS) is 17.5. The number of ether oxygens (including phenoxy) is 1. The smallest absolute Gasteiger partial charge is 0.326 e. The first-order valence-electron chi connectivity index (χ1n) is 34.4. The van der Waals surface area contributed by atoms with Crippen molar-refractivity contribution < 1.29 is 123 Å². The van der Waals surface area contributed by atoms with E-state index in [9.17, 15) is 108 Å². The summed E-state index contributed by atoms with van der Waals surface area (Å²) in [4.78, 5) is 190. The summed E-state index contributed by atoms with van der Waals surface area (Å²) in [6.45, 7) is -1.00. The maximum Gasteiger partial charge on any atom is 0.326 e. The number of primary amides is 2. The van der Waals surface area contributed by atoms with E-state index in [1.165, 1.54) is 0 Å². The average molecular weight is 1620 g/mol. The maximum absolute atomic E-state index is 13.2. The summed E-state index contributed by atoms with van der Waals surface area (Å²) >= 11 is 0. The minimum Gasteiger partial charge on any atom is -0.480 e. The zero-order chi connectivity index (χ0) is 86.0. The Morgan fingerprint density at radius 3 is 1.37 bits per heavy atom. The summed E-state index contributed by atoms with van der Waals surface area (Å²) < 4.78 is 4.73. The highest BCUT2D eigenvalue weighted by atomic mass is 16.6. The first kappa shape index (κ1) is 99.3. The number of para-hydroxylation sites is 1. The van der Waals surface area contributed by atoms with Gasteiger partial charge >= 0.3 is 11.9 Å². The van der Waals surface area contributed by atoms with Crippen molar-refractivity contribution in [3.05, 3.63) is 36.0 Å². The van der Waals surface area contributed by atoms with Crippen LogP contribution in [-0.4, -0.2) is 293 Å². The zero-order valence-corrected chi connectivity index (χ0v) is 61.2. The van der Waals surface area contributed by atoms with E-state index in [-0.39, 0.29) is 121 Å². The second-order valence-electron chi connectivity index (χ2n) is 25.2. The number of fused-ring (bicyclic) bond motifs is 1. The summed E-state index contributed by atoms with van der Waals surface area (Å²) in [5, 5.41) is 114. The van der Waals surface area contributed by atoms with E-state index in [2.05, 4.69) is 46.2 Å². The number of rotatable bonds is 46. The molecule has 45 N–H and O–H groups in total. The van der Waals surface area contributed by atoms with E-state index >= 15 is 0 Å². The molecule has 0 spiro atoms. The summed E-state index contributed by atoms with van der Waals surface area (Å²) in [7, 11) is 0. The maximum atomic E-state index is 13.2. The van der Waals surface area contributed by atoms with Gasteiger partial charge in [-0.1, -0.05) is 18.2 Å². The molecule has 0 aliphatic carbocycles. The molecule has 0 radical (unpaired) electrons. The van der Waals surface area contributed by atoms with Gasteiger partial charge in [-0.05, 0) is 75.8 Å². The molecule has 1 saturated heterocycles. The zero-order valence-electron chi connectivity index (χ0n) is 61.2. The van der Waals surface area contributed by atoms with Crippen molar-refractivity contribution in [2.24, 2.45) is 94.5 Å². The van der Waals surface area contributed by atoms with Gasteiger partial charge < -0.3 is 167 Å². The number of aliphatic hydroxyl groups excluding tert-OH is 6. The third kappa shape index (κ3) is 39.2. The van der Waals surface area contributed by atoms with Crippen LogP contribution in [0.5, 0.6) is 0 Å². The van der Waals surface area contributed by atoms with Crippen molar-refractivity contribution in [1.29, 1.82) is 0 Å². The number of carboxylic acid groups (broad SMARTS) is 2. The first-order valence-corrected chi connectivity index (χ1v) is 34.4. The van der Waals surface area contributed by atoms with Gasteiger partial charge in [0.05, 0.1) is 44.1 Å². The molecule has 1 aromatic heterocycles. The molecule has 2 heterocycles. The Morgan fingerprint density at radius 1 is 0.496 bits per heavy atom. The van der Waals surface area contributed by atoms with Crippen LogP contribution in [0.25, 0.3) is 10.9 Å². The number of hydrogen-bond donors (Lipinski definition) is 32. The number of aliphatic imine (C=N–C) groups is 4. The number of aliphatic hydroxyl groups is 8. The molecule has 12 amide bonds. The molecule has 0 bridgehead atoms. The molecule has 0 saturated carbocycles. The fraction of sp³-hybridized carbons (Fsp3) is 0.581. The SMILES string of the molecule is NC(=O)CCC(NC(=O)C(N)CCCN=C(N)N)C(=O)NC(=O)C1OC(O)C(O)[C@H](O)[C@@H]1O.NC(=O)CCC(NC(=O)C(N)CCCN=C(N)N)C(=O)NC(CCCN=C(N)N)C(=O)O.NC(N)=NCCCC(N)C(=O)NC(=O)CC(O)(CC(=O)NCC(O)O)C(=O)NC(CO)C(=O)NC(Cc1c[nH]c2ccccc12)C(=O)O. The van der Waals surface area contributed by atoms with Crippen LogP contribution in [-0.2, 0) is 78.3 Å². The number of guanidine groups is 4. The lowest BCUT2D eigenvalue weighted by atomic mass is 9.92. The lowest BCUT2D eigenvalue weighted by Crippen LogP contribution is -2.63. The molecule has 2 aromatic rings. The molecule has 3 rings (SSSR count). The van der Waals surface area contributed by atoms with Crippen molar-refractivity contribution >= 4 is 118 Å². The van der Waals surface area contributed by atoms with E-state index in [4.69, 9.17) is 89.5 Å². The molecular formula is C62H106N26O25. The van der Waals surface area contributed by atoms with Crippen molar-refractivity contribution in [2.45, 2.75) is 187 Å². The minimum atomic E-state index is -2.98. The van der Waals surface area contributed by atoms with Gasteiger partial charge in [-0.15, -0.1) is 0 Å². The van der Waals surface area contributed by atoms with Gasteiger partial charge in [0.25, 0.3) is 11.8 Å². The van der Waals surface area contributed by atoms with Crippen molar-refractivity contribution in [3.8, 4) is 0 Å². The number of imide groups is 2. The predicted molar refractivity (Wildman–Crippen MR) is 395 cm³/mol. The molecule has 634 valence electrons. The monoisotopic (exact) mass is 1610 g/mol. The highest BCUT2D eigenvalue weighted by molar-refractivity contribution is 6.03. The highest BCUT2D eigenvalue weighted by Crippen LogP contribution is 2.22. The van der Waals surface area contributed by atoms with E-state index in [1.807, 2.05) is 21.3 Å². The van der Waals surface area contributed by atoms with E-state index in [0.717, 1.165) is 5.52 Å². The third-order valence-corrected chi connectivity index (χ3v) is 15.8. The van der Waals surface area contributed by atoms with Gasteiger partial charge in [0.15, 0.2) is 48.1 Å². The molecule has 113 heavy (non-hydrogen) atoms. The van der Waals surface area contributed by atoms with E-state index < -0.39 is 200 Å². The Kier molecular flexibility index (Phi) is 44.8. The summed E-state index contributed by atoms with van der Waals surface area (Å²) in [6.07, 6.45) is -11.9. The van der Waals surface area contributed by atoms with E-state index in [1.54, 1.807) is 30.5 Å². The Labute approximate surface area is 643 Å². The van der Waals surface area contributed by atoms with Crippen LogP contribution in [0.4, 0.5) is 0 Å². The number of carboxylic acids is 2. The topological polar surface area (TPSA) is 950 Å². The van der Waals surface area contributed by atoms with Crippen LogP contribution in [0, 0.1) is 0 Å². The molecule has 1 aliphatic heterocycles. The number of H-pyrrole nitrogens is 1. The third-order valence-electron chi connectivity index (χ3n) is 15.8. The first-order chi connectivity index (χ1) is 52.8. The predicted octanol–water partition coefficient (Wildman–Crippen LogP) is -16.0. The molecule has 1 aromatic carbocycles. The van der Waals surface area contributed by atoms with Gasteiger partial charge in [0, 0.05) is 62.5 Å². The number of nitrogens with one attached hydrogen (secondary N) is 9. The van der Waals surface area contributed by atoms with Crippen molar-refractivity contribution in [3.63, 3.8) is 0 Å². The van der Waals surface area contributed by atoms with Crippen LogP contribution in [0.15, 0.2) is 50.4 Å². The van der Waals surface area contributed by atoms with Crippen molar-refractivity contribution in [2.75, 3.05) is 39.3 Å². The summed E-state index contributed by atoms with van der Waals surface area (Å²) in [5.74, 6) is -15.4. The fourth-order valence-corrected chi connectivity index (χ4v) is 9.79. The number of hydrogen-bond acceptors (Lipinski definition) is 30. The Morgan fingerprint density at radius 2 is 0.920 bits per heavy atom. The summed E-state index contributed by atoms with van der Waals surface area (Å²) in [6, 6.07) is -3.54. The van der Waals surface area contributed by atoms with Crippen LogP contribution in [0.3, 0.4) is 0 Å². The number of nitrogens with zero attached hydrogens (tertiary/aromatic N) is 4. The lowest BCUT2D eigenvalue weighted by molar-refractivity contribution is -0.275. The molecule has 1 fully saturated rings. The van der Waals surface area contributed by atoms with Gasteiger partial charge in [-0.25, -0.2) is 9.59 Å². The average Bonchev–Trinajstić information content (AvgIpc) is 1.06. The number of aromatic nitrogens is 1. The number of amides is 12. The number of carbonyl (C=O) groups excluding carboxylic acids is 12. The Bertz CT molecular complexity index is 3640. The Hall–Kier alpha value is -11.7. The molecule has 14 atom stereocenters. The second kappa shape index (κ2) is 51.0. The molecular weight excluding hydrogens is 1510 g/mol. The van der Waals surface area contributed by atoms with Crippen molar-refractivity contribution in [1.82, 2.24) is 47.5 Å². The molecule has 51 heteroatoms. The standard InChI is InChI=1S/C28H41N9O11.C17H34N10O5.C17H31N7O9/c29-16(5-3-7-32-27(30)31)23(43)37-21(40)10-28(48,9-20(39)34-12-22(41)42)26(47)36-19(13-38)24(44)35-18(25(45)46)8-14-11-33-17-6-2-1-4-15(14)17;18-9(3-1-7-24-16(20)21)13(29)26-10(5-6-12(19)28)14(30)27-11(15(31)32)4-2-8-25-17(22)23;18-6(2-1-5-22-17(20)21)13(29)23-7(3-4-8(19)25)14(30)24-15(31)12-10(27)9(26)11(28)16(32)33-12/h1-2,4,6,11,16,18-19,22,33,38,41-42,48H,3,5,7-10,12-13,29H2,(H,34,39)(H,35,44)(H,36,47)(H,45,46)(H4,30,31,32)(H,37,40,43);9-11H,1-8,18H2,(H2,19,28)(H,26,29)(H,27,30)(H,31,32)(H4,20,21,24)(H4,22,23,25);6-7,9-12,16,26-28,32H,1-5,18H2,(H2,19,25)(H,23,29)(H4,20,21,22)(H,24,30,31)/t;;6?,7?,9-,10+,11?,12?,16?/m..1/s1. The number of carbonyl (C=O) groups is 14. The van der Waals surface area contributed by atoms with E-state index in [0.29, 0.717) is 23.8 Å². The minimum absolute atomic E-state index is 0.0392. The number of nitrogens with two attached hydrogens (primary N) is 13. The summed E-state index contributed by atoms with van der Waals surface area (Å²) in [5.41, 5.74) is 67.5. The second-order valence-corrected chi connectivity index (χ2v) is 25.2. The van der Waals surface area contributed by atoms with Gasteiger partial charge in [-0.3, -0.25) is 88.1 Å². The molecule has 1 aliphatic rings. The quantitative estimate of drug-likeness (QED) is 0.0127. The van der Waals surface area contributed by atoms with Crippen LogP contribution < -0.4 is 117 Å². The van der Waals surface area contributed by atoms with Crippen LogP contribution in [0.2, 0.25) is 0 Å². The number of benzene rings is 1. The van der Waals surface area contributed by atoms with Crippen LogP contribution in [0.1, 0.15) is 95.5 Å². The van der Waals surface area contributed by atoms with Gasteiger partial charge in [0.1, 0.15) is 48.5 Å². The highest BCUT2D eigenvalue weighted by Gasteiger charge is 2.47. The van der Waals surface area contributed by atoms with Crippen LogP contribution >= 0.6 is 0 Å². The fourth-order valence-electron chi connectivity index (χ4n) is 9.79. The molecule has 51 nitrogen and oxygen atoms in total. The molecule has 12 unspecified atom stereocenters. The largest absolute Gasteiger partial charge is 0.480 e. The number of aromatic amines is 1. The lowest BCUT2D eigenvalue weighted by Gasteiger charge is -2.37. The van der Waals surface area contributed by atoms with Gasteiger partial charge in [0.2, 0.25) is 59.1 Å². The number of aliphatic carboxylic acids is 2. The Balaban J connectivity index is 0.000000875.